The van der Waals surface area contributed by atoms with Crippen molar-refractivity contribution in [2.75, 3.05) is 0 Å². The van der Waals surface area contributed by atoms with Crippen LogP contribution in [0.2, 0.25) is 0 Å². The third kappa shape index (κ3) is 1.40. The van der Waals surface area contributed by atoms with Crippen molar-refractivity contribution < 1.29 is 4.74 Å². The zero-order chi connectivity index (χ0) is 10.1. The molecule has 2 nitrogen and oxygen atoms in total. The van der Waals surface area contributed by atoms with Crippen LogP contribution in [0.15, 0.2) is 18.2 Å². The van der Waals surface area contributed by atoms with Crippen molar-refractivity contribution >= 4 is 0 Å². The third-order valence-corrected chi connectivity index (χ3v) is 2.84. The Morgan fingerprint density at radius 3 is 2.86 bits per heavy atom. The summed E-state index contributed by atoms with van der Waals surface area (Å²) in [6, 6.07) is 6.25. The fraction of sp³-hybridized carbons (Fsp3) is 0.500. The molecule has 0 aromatic heterocycles. The van der Waals surface area contributed by atoms with Gasteiger partial charge in [0.15, 0.2) is 0 Å². The quantitative estimate of drug-likeness (QED) is 0.779. The van der Waals surface area contributed by atoms with E-state index in [4.69, 9.17) is 10.5 Å². The summed E-state index contributed by atoms with van der Waals surface area (Å²) in [6.45, 7) is 4.23. The molecular weight excluding hydrogens is 174 g/mol. The molecule has 0 spiro atoms. The molecule has 0 aliphatic carbocycles. The van der Waals surface area contributed by atoms with Crippen molar-refractivity contribution in [2.45, 2.75) is 38.8 Å². The molecule has 2 heteroatoms. The molecule has 14 heavy (non-hydrogen) atoms. The molecule has 0 saturated heterocycles. The maximum absolute atomic E-state index is 6.12. The number of para-hydroxylation sites is 1. The Labute approximate surface area is 85.1 Å². The lowest BCUT2D eigenvalue weighted by atomic mass is 10.0. The molecule has 2 N–H and O–H groups in total. The summed E-state index contributed by atoms with van der Waals surface area (Å²) in [5.74, 6) is 1.01. The SMILES string of the molecule is CCCC1Oc2c(C)cccc2C1N. The Hall–Kier alpha value is -1.02. The van der Waals surface area contributed by atoms with Crippen molar-refractivity contribution in [3.63, 3.8) is 0 Å². The highest BCUT2D eigenvalue weighted by Crippen LogP contribution is 2.38. The summed E-state index contributed by atoms with van der Waals surface area (Å²) in [7, 11) is 0. The van der Waals surface area contributed by atoms with Crippen LogP contribution in [-0.2, 0) is 0 Å². The van der Waals surface area contributed by atoms with E-state index in [0.717, 1.165) is 18.6 Å². The Kier molecular flexibility index (Phi) is 2.46. The van der Waals surface area contributed by atoms with Gasteiger partial charge in [-0.05, 0) is 18.9 Å². The van der Waals surface area contributed by atoms with Gasteiger partial charge in [0, 0.05) is 5.56 Å². The van der Waals surface area contributed by atoms with Gasteiger partial charge in [-0.3, -0.25) is 0 Å². The Balaban J connectivity index is 2.30. The number of benzene rings is 1. The predicted octanol–water partition coefficient (Wildman–Crippen LogP) is 2.56. The van der Waals surface area contributed by atoms with E-state index in [9.17, 15) is 0 Å². The van der Waals surface area contributed by atoms with Crippen LogP contribution >= 0.6 is 0 Å². The second-order valence-electron chi connectivity index (χ2n) is 3.96. The van der Waals surface area contributed by atoms with Crippen molar-refractivity contribution in [3.8, 4) is 5.75 Å². The van der Waals surface area contributed by atoms with Gasteiger partial charge in [-0.2, -0.15) is 0 Å². The maximum atomic E-state index is 6.12. The van der Waals surface area contributed by atoms with Crippen LogP contribution < -0.4 is 10.5 Å². The number of rotatable bonds is 2. The lowest BCUT2D eigenvalue weighted by molar-refractivity contribution is 0.194. The van der Waals surface area contributed by atoms with Gasteiger partial charge in [-0.15, -0.1) is 0 Å². The van der Waals surface area contributed by atoms with Crippen LogP contribution in [0.25, 0.3) is 0 Å². The highest BCUT2D eigenvalue weighted by atomic mass is 16.5. The minimum atomic E-state index is 0.0600. The average Bonchev–Trinajstić information content (AvgIpc) is 2.48. The van der Waals surface area contributed by atoms with Gasteiger partial charge in [0.2, 0.25) is 0 Å². The monoisotopic (exact) mass is 191 g/mol. The largest absolute Gasteiger partial charge is 0.488 e. The number of fused-ring (bicyclic) bond motifs is 1. The van der Waals surface area contributed by atoms with Gasteiger partial charge in [-0.1, -0.05) is 31.5 Å². The molecule has 0 fully saturated rings. The van der Waals surface area contributed by atoms with E-state index in [-0.39, 0.29) is 12.1 Å². The summed E-state index contributed by atoms with van der Waals surface area (Å²) in [6.07, 6.45) is 2.33. The topological polar surface area (TPSA) is 35.2 Å². The molecule has 0 amide bonds. The van der Waals surface area contributed by atoms with Gasteiger partial charge in [0.05, 0.1) is 6.04 Å². The van der Waals surface area contributed by atoms with E-state index in [1.54, 1.807) is 0 Å². The highest BCUT2D eigenvalue weighted by molar-refractivity contribution is 5.46. The van der Waals surface area contributed by atoms with Crippen LogP contribution in [0.4, 0.5) is 0 Å². The van der Waals surface area contributed by atoms with Crippen LogP contribution in [0.5, 0.6) is 5.75 Å². The molecule has 2 atom stereocenters. The smallest absolute Gasteiger partial charge is 0.127 e. The van der Waals surface area contributed by atoms with E-state index >= 15 is 0 Å². The van der Waals surface area contributed by atoms with Crippen molar-refractivity contribution in [1.29, 1.82) is 0 Å². The molecule has 2 rings (SSSR count). The first-order chi connectivity index (χ1) is 6.74. The van der Waals surface area contributed by atoms with E-state index < -0.39 is 0 Å². The van der Waals surface area contributed by atoms with Crippen molar-refractivity contribution in [1.82, 2.24) is 0 Å². The number of ether oxygens (including phenoxy) is 1. The summed E-state index contributed by atoms with van der Waals surface area (Å²) in [4.78, 5) is 0. The van der Waals surface area contributed by atoms with Crippen molar-refractivity contribution in [2.24, 2.45) is 5.73 Å². The van der Waals surface area contributed by atoms with Crippen LogP contribution in [0, 0.1) is 6.92 Å². The number of hydrogen-bond acceptors (Lipinski definition) is 2. The Bertz CT molecular complexity index is 335. The van der Waals surface area contributed by atoms with E-state index in [1.807, 2.05) is 6.07 Å². The molecule has 0 radical (unpaired) electrons. The third-order valence-electron chi connectivity index (χ3n) is 2.84. The van der Waals surface area contributed by atoms with Crippen LogP contribution in [0.3, 0.4) is 0 Å². The molecule has 1 aliphatic heterocycles. The standard InChI is InChI=1S/C12H17NO/c1-3-5-10-11(13)9-7-4-6-8(2)12(9)14-10/h4,6-7,10-11H,3,5,13H2,1-2H3. The molecule has 1 aromatic carbocycles. The van der Waals surface area contributed by atoms with Gasteiger partial charge in [0.25, 0.3) is 0 Å². The normalized spacial score (nSPS) is 24.5. The number of hydrogen-bond donors (Lipinski definition) is 1. The maximum Gasteiger partial charge on any atom is 0.127 e. The number of aryl methyl sites for hydroxylation is 1. The first-order valence-corrected chi connectivity index (χ1v) is 5.25. The molecule has 0 bridgehead atoms. The second-order valence-corrected chi connectivity index (χ2v) is 3.96. The Morgan fingerprint density at radius 2 is 2.21 bits per heavy atom. The van der Waals surface area contributed by atoms with E-state index in [0.29, 0.717) is 0 Å². The van der Waals surface area contributed by atoms with Gasteiger partial charge in [-0.25, -0.2) is 0 Å². The zero-order valence-corrected chi connectivity index (χ0v) is 8.79. The zero-order valence-electron chi connectivity index (χ0n) is 8.79. The lowest BCUT2D eigenvalue weighted by Crippen LogP contribution is -2.24. The molecule has 1 heterocycles. The fourth-order valence-electron chi connectivity index (χ4n) is 2.05. The summed E-state index contributed by atoms with van der Waals surface area (Å²) >= 11 is 0. The fourth-order valence-corrected chi connectivity index (χ4v) is 2.05. The summed E-state index contributed by atoms with van der Waals surface area (Å²) in [5.41, 5.74) is 8.48. The Morgan fingerprint density at radius 1 is 1.43 bits per heavy atom. The van der Waals surface area contributed by atoms with Gasteiger partial charge in [0.1, 0.15) is 11.9 Å². The predicted molar refractivity (Wildman–Crippen MR) is 57.4 cm³/mol. The molecule has 76 valence electrons. The van der Waals surface area contributed by atoms with Gasteiger partial charge >= 0.3 is 0 Å². The first-order valence-electron chi connectivity index (χ1n) is 5.25. The number of nitrogens with two attached hydrogens (primary N) is 1. The second kappa shape index (κ2) is 3.62. The van der Waals surface area contributed by atoms with E-state index in [2.05, 4.69) is 26.0 Å². The molecular formula is C12H17NO. The minimum Gasteiger partial charge on any atom is -0.488 e. The first kappa shape index (κ1) is 9.53. The van der Waals surface area contributed by atoms with Crippen molar-refractivity contribution in [3.05, 3.63) is 29.3 Å². The van der Waals surface area contributed by atoms with Crippen LogP contribution in [-0.4, -0.2) is 6.10 Å². The highest BCUT2D eigenvalue weighted by Gasteiger charge is 2.31. The van der Waals surface area contributed by atoms with Crippen LogP contribution in [0.1, 0.15) is 36.9 Å². The van der Waals surface area contributed by atoms with Gasteiger partial charge < -0.3 is 10.5 Å². The molecule has 1 aliphatic rings. The summed E-state index contributed by atoms with van der Waals surface area (Å²) < 4.78 is 5.87. The molecule has 2 unspecified atom stereocenters. The minimum absolute atomic E-state index is 0.0600. The lowest BCUT2D eigenvalue weighted by Gasteiger charge is -2.13. The molecule has 1 aromatic rings. The average molecular weight is 191 g/mol. The molecule has 0 saturated carbocycles. The van der Waals surface area contributed by atoms with E-state index in [1.165, 1.54) is 11.1 Å². The summed E-state index contributed by atoms with van der Waals surface area (Å²) in [5, 5.41) is 0.